The maximum absolute atomic E-state index is 5.04. The van der Waals surface area contributed by atoms with Gasteiger partial charge in [-0.2, -0.15) is 0 Å². The summed E-state index contributed by atoms with van der Waals surface area (Å²) < 4.78 is 0. The average molecular weight is 432 g/mol. The third kappa shape index (κ3) is 46.4. The summed E-state index contributed by atoms with van der Waals surface area (Å²) in [7, 11) is 20.1. The zero-order valence-corrected chi connectivity index (χ0v) is 10.9. The summed E-state index contributed by atoms with van der Waals surface area (Å²) in [6, 6.07) is 0. The molecule has 0 amide bonds. The standard InChI is InChI=1S/Ag.4ClH.Cu.Sn/h;4*1H;;/q;;;;;;+4/p-4. The van der Waals surface area contributed by atoms with Gasteiger partial charge in [0.1, 0.15) is 0 Å². The minimum atomic E-state index is -3.29. The van der Waals surface area contributed by atoms with E-state index in [0.29, 0.717) is 0 Å². The van der Waals surface area contributed by atoms with Gasteiger partial charge >= 0.3 is 49.6 Å². The minimum Gasteiger partial charge on any atom is 0 e. The minimum absolute atomic E-state index is 0. The van der Waals surface area contributed by atoms with Crippen molar-refractivity contribution >= 4 is 49.6 Å². The third-order valence-electron chi connectivity index (χ3n) is 0. The molecule has 0 bridgehead atoms. The van der Waals surface area contributed by atoms with E-state index in [1.165, 1.54) is 0 Å². The van der Waals surface area contributed by atoms with E-state index in [9.17, 15) is 0 Å². The van der Waals surface area contributed by atoms with Gasteiger partial charge in [-0.25, -0.2) is 0 Å². The fraction of sp³-hybridized carbons (Fsp3) is 0. The number of halogens is 4. The summed E-state index contributed by atoms with van der Waals surface area (Å²) in [5.41, 5.74) is 0. The van der Waals surface area contributed by atoms with Crippen LogP contribution in [0.3, 0.4) is 0 Å². The van der Waals surface area contributed by atoms with Crippen LogP contribution in [0, 0.1) is 0 Å². The van der Waals surface area contributed by atoms with Gasteiger partial charge in [-0.1, -0.05) is 0 Å². The van der Waals surface area contributed by atoms with Gasteiger partial charge < -0.3 is 0 Å². The monoisotopic (exact) mass is 430 g/mol. The molecule has 0 N–H and O–H groups in total. The molecule has 0 aromatic rings. The molecular weight excluding hydrogens is 432 g/mol. The third-order valence-corrected chi connectivity index (χ3v) is 0. The second kappa shape index (κ2) is 7.33. The number of hydrogen-bond donors (Lipinski definition) is 0. The van der Waals surface area contributed by atoms with E-state index in [-0.39, 0.29) is 39.4 Å². The van der Waals surface area contributed by atoms with Gasteiger partial charge in [0, 0.05) is 39.4 Å². The summed E-state index contributed by atoms with van der Waals surface area (Å²) in [4.78, 5) is 0. The molecule has 7 heteroatoms. The van der Waals surface area contributed by atoms with Crippen LogP contribution < -0.4 is 0 Å². The van der Waals surface area contributed by atoms with E-state index in [1.54, 1.807) is 0 Å². The van der Waals surface area contributed by atoms with Gasteiger partial charge in [-0.15, -0.1) is 0 Å². The molecule has 0 spiro atoms. The van der Waals surface area contributed by atoms with Crippen LogP contribution in [0.2, 0.25) is 0 Å². The molecule has 2 radical (unpaired) electrons. The number of hydrogen-bond acceptors (Lipinski definition) is 0. The van der Waals surface area contributed by atoms with Crippen LogP contribution in [0.1, 0.15) is 0 Å². The smallest absolute Gasteiger partial charge is 0 e. The SMILES string of the molecule is [Ag].[Cl][Sn]([Cl])([Cl])[Cl].[Cu]. The Hall–Kier alpha value is 3.22. The van der Waals surface area contributed by atoms with Crippen molar-refractivity contribution in [1.29, 1.82) is 0 Å². The van der Waals surface area contributed by atoms with Crippen molar-refractivity contribution in [2.24, 2.45) is 0 Å². The summed E-state index contributed by atoms with van der Waals surface area (Å²) in [6.07, 6.45) is 0. The van der Waals surface area contributed by atoms with Crippen molar-refractivity contribution in [3.8, 4) is 0 Å². The first kappa shape index (κ1) is 16.7. The summed E-state index contributed by atoms with van der Waals surface area (Å²) in [5, 5.41) is 0. The van der Waals surface area contributed by atoms with Crippen molar-refractivity contribution in [2.45, 2.75) is 0 Å². The van der Waals surface area contributed by atoms with Gasteiger partial charge in [0.2, 0.25) is 0 Å². The molecule has 0 rings (SSSR count). The summed E-state index contributed by atoms with van der Waals surface area (Å²) in [6.45, 7) is 0. The predicted octanol–water partition coefficient (Wildman–Crippen LogP) is 2.37. The van der Waals surface area contributed by atoms with Crippen LogP contribution in [0.5, 0.6) is 0 Å². The van der Waals surface area contributed by atoms with E-state index in [2.05, 4.69) is 0 Å². The fourth-order valence-electron chi connectivity index (χ4n) is 0. The molecule has 0 saturated carbocycles. The van der Waals surface area contributed by atoms with Crippen molar-refractivity contribution in [1.82, 2.24) is 0 Å². The summed E-state index contributed by atoms with van der Waals surface area (Å²) >= 11 is -3.29. The van der Waals surface area contributed by atoms with E-state index >= 15 is 0 Å². The molecule has 0 heterocycles. The zero-order valence-electron chi connectivity index (χ0n) is 2.61. The molecular formula is AgCl4CuSn. The van der Waals surface area contributed by atoms with Gasteiger partial charge in [-0.3, -0.25) is 0 Å². The first-order valence-corrected chi connectivity index (χ1v) is 15.2. The molecule has 0 atom stereocenters. The molecule has 0 fully saturated rings. The Bertz CT molecular complexity index is 27.2. The number of rotatable bonds is 0. The molecule has 0 aliphatic rings. The van der Waals surface area contributed by atoms with Crippen molar-refractivity contribution in [2.75, 3.05) is 0 Å². The quantitative estimate of drug-likeness (QED) is 0.517. The topological polar surface area (TPSA) is 0 Å². The molecule has 0 aromatic heterocycles. The molecule has 0 aliphatic carbocycles. The van der Waals surface area contributed by atoms with Crippen molar-refractivity contribution in [3.63, 3.8) is 0 Å². The first-order valence-electron chi connectivity index (χ1n) is 0.756. The Morgan fingerprint density at radius 2 is 0.857 bits per heavy atom. The molecule has 0 unspecified atom stereocenters. The Morgan fingerprint density at radius 1 is 0.857 bits per heavy atom. The molecule has 0 saturated heterocycles. The molecule has 7 heavy (non-hydrogen) atoms. The van der Waals surface area contributed by atoms with E-state index in [1.807, 2.05) is 0 Å². The van der Waals surface area contributed by atoms with Crippen LogP contribution in [0.4, 0.5) is 0 Å². The maximum Gasteiger partial charge on any atom is 0 e. The fourth-order valence-corrected chi connectivity index (χ4v) is 0. The Balaban J connectivity index is -0.0000000800. The maximum atomic E-state index is 5.04. The van der Waals surface area contributed by atoms with Gasteiger partial charge in [0.25, 0.3) is 0 Å². The second-order valence-electron chi connectivity index (χ2n) is 0.429. The van der Waals surface area contributed by atoms with Crippen molar-refractivity contribution in [3.05, 3.63) is 0 Å². The van der Waals surface area contributed by atoms with Crippen LogP contribution in [0.15, 0.2) is 0 Å². The van der Waals surface area contributed by atoms with Gasteiger partial charge in [0.05, 0.1) is 0 Å². The molecule has 0 aromatic carbocycles. The predicted molar refractivity (Wildman–Crippen MR) is 29.2 cm³/mol. The Labute approximate surface area is 87.3 Å². The average Bonchev–Trinajstić information content (AvgIpc) is 0.722. The second-order valence-corrected chi connectivity index (χ2v) is 25.9. The van der Waals surface area contributed by atoms with E-state index < -0.39 is 13.9 Å². The Morgan fingerprint density at radius 3 is 0.857 bits per heavy atom. The normalized spacial score (nSPS) is 8.57. The van der Waals surface area contributed by atoms with Gasteiger partial charge in [-0.05, 0) is 0 Å². The van der Waals surface area contributed by atoms with Crippen LogP contribution in [-0.4, -0.2) is 13.9 Å². The van der Waals surface area contributed by atoms with Crippen LogP contribution >= 0.6 is 35.7 Å². The largest absolute Gasteiger partial charge is 0 e. The molecule has 0 nitrogen and oxygen atoms in total. The molecule has 0 aliphatic heterocycles. The van der Waals surface area contributed by atoms with E-state index in [0.717, 1.165) is 0 Å². The zero-order chi connectivity index (χ0) is 4.50. The molecule has 54 valence electrons. The van der Waals surface area contributed by atoms with Gasteiger partial charge in [0.15, 0.2) is 0 Å². The Kier molecular flexibility index (Phi) is 17.4. The first-order chi connectivity index (χ1) is 2.00. The van der Waals surface area contributed by atoms with E-state index in [4.69, 9.17) is 35.7 Å². The summed E-state index contributed by atoms with van der Waals surface area (Å²) in [5.74, 6) is 0. The van der Waals surface area contributed by atoms with Crippen LogP contribution in [0.25, 0.3) is 0 Å². The van der Waals surface area contributed by atoms with Crippen molar-refractivity contribution < 1.29 is 39.4 Å². The van der Waals surface area contributed by atoms with Crippen LogP contribution in [-0.2, 0) is 39.4 Å².